The van der Waals surface area contributed by atoms with Crippen LogP contribution in [-0.2, 0) is 9.47 Å². The van der Waals surface area contributed by atoms with Crippen molar-refractivity contribution in [2.75, 3.05) is 25.2 Å². The van der Waals surface area contributed by atoms with Gasteiger partial charge < -0.3 is 9.47 Å². The second-order valence-corrected chi connectivity index (χ2v) is 5.84. The summed E-state index contributed by atoms with van der Waals surface area (Å²) in [6, 6.07) is 0. The van der Waals surface area contributed by atoms with E-state index in [0.717, 1.165) is 25.2 Å². The van der Waals surface area contributed by atoms with Crippen molar-refractivity contribution in [3.8, 4) is 0 Å². The molecular weight excluding hydrogens is 280 g/mol. The molecule has 3 heteroatoms. The Bertz CT molecular complexity index is 185. The predicted octanol–water partition coefficient (Wildman–Crippen LogP) is 4.16. The standard InChI is InChI=1S/C14H27BrO2/c1-3-7-14(11-15,8-4-2)12-16-10-13-6-5-9-17-13/h13H,3-12H2,1-2H3. The van der Waals surface area contributed by atoms with Crippen LogP contribution in [0.1, 0.15) is 52.4 Å². The first-order valence-corrected chi connectivity index (χ1v) is 8.14. The summed E-state index contributed by atoms with van der Waals surface area (Å²) in [7, 11) is 0. The van der Waals surface area contributed by atoms with E-state index in [9.17, 15) is 0 Å². The summed E-state index contributed by atoms with van der Waals surface area (Å²) in [6.45, 7) is 7.09. The van der Waals surface area contributed by atoms with Crippen LogP contribution in [0.2, 0.25) is 0 Å². The molecule has 1 rings (SSSR count). The molecule has 0 bridgehead atoms. The molecule has 0 aliphatic carbocycles. The lowest BCUT2D eigenvalue weighted by Gasteiger charge is -2.31. The molecule has 1 saturated heterocycles. The van der Waals surface area contributed by atoms with Crippen LogP contribution in [0, 0.1) is 5.41 Å². The van der Waals surface area contributed by atoms with Crippen molar-refractivity contribution in [1.29, 1.82) is 0 Å². The van der Waals surface area contributed by atoms with Crippen molar-refractivity contribution in [3.05, 3.63) is 0 Å². The smallest absolute Gasteiger partial charge is 0.0809 e. The molecular formula is C14H27BrO2. The maximum atomic E-state index is 5.92. The summed E-state index contributed by atoms with van der Waals surface area (Å²) < 4.78 is 11.5. The lowest BCUT2D eigenvalue weighted by molar-refractivity contribution is -0.0168. The van der Waals surface area contributed by atoms with E-state index in [0.29, 0.717) is 11.5 Å². The normalized spacial score (nSPS) is 21.0. The van der Waals surface area contributed by atoms with E-state index < -0.39 is 0 Å². The fourth-order valence-electron chi connectivity index (χ4n) is 2.68. The Morgan fingerprint density at radius 2 is 2.00 bits per heavy atom. The van der Waals surface area contributed by atoms with Gasteiger partial charge in [-0.05, 0) is 25.7 Å². The maximum absolute atomic E-state index is 5.92. The number of halogens is 1. The highest BCUT2D eigenvalue weighted by molar-refractivity contribution is 9.09. The van der Waals surface area contributed by atoms with Crippen LogP contribution in [0.15, 0.2) is 0 Å². The second-order valence-electron chi connectivity index (χ2n) is 5.28. The van der Waals surface area contributed by atoms with Crippen LogP contribution >= 0.6 is 15.9 Å². The molecule has 0 aromatic carbocycles. The van der Waals surface area contributed by atoms with Crippen LogP contribution in [0.4, 0.5) is 0 Å². The lowest BCUT2D eigenvalue weighted by atomic mass is 9.82. The van der Waals surface area contributed by atoms with E-state index in [2.05, 4.69) is 29.8 Å². The summed E-state index contributed by atoms with van der Waals surface area (Å²) in [5.74, 6) is 0. The predicted molar refractivity (Wildman–Crippen MR) is 75.8 cm³/mol. The summed E-state index contributed by atoms with van der Waals surface area (Å²) in [6.07, 6.45) is 7.68. The Labute approximate surface area is 115 Å². The molecule has 0 aromatic heterocycles. The van der Waals surface area contributed by atoms with Crippen molar-refractivity contribution in [3.63, 3.8) is 0 Å². The minimum Gasteiger partial charge on any atom is -0.378 e. The number of ether oxygens (including phenoxy) is 2. The number of hydrogen-bond acceptors (Lipinski definition) is 2. The fourth-order valence-corrected chi connectivity index (χ4v) is 3.41. The molecule has 1 heterocycles. The summed E-state index contributed by atoms with van der Waals surface area (Å²) in [5, 5.41) is 1.05. The van der Waals surface area contributed by atoms with Gasteiger partial charge >= 0.3 is 0 Å². The highest BCUT2D eigenvalue weighted by atomic mass is 79.9. The highest BCUT2D eigenvalue weighted by Crippen LogP contribution is 2.32. The van der Waals surface area contributed by atoms with Crippen molar-refractivity contribution in [2.45, 2.75) is 58.5 Å². The van der Waals surface area contributed by atoms with Gasteiger partial charge in [-0.1, -0.05) is 42.6 Å². The van der Waals surface area contributed by atoms with E-state index in [1.54, 1.807) is 0 Å². The molecule has 2 nitrogen and oxygen atoms in total. The van der Waals surface area contributed by atoms with Gasteiger partial charge in [-0.3, -0.25) is 0 Å². The quantitative estimate of drug-likeness (QED) is 0.595. The SMILES string of the molecule is CCCC(CBr)(CCC)COCC1CCCO1. The Morgan fingerprint density at radius 3 is 2.47 bits per heavy atom. The molecule has 0 aromatic rings. The summed E-state index contributed by atoms with van der Waals surface area (Å²) in [4.78, 5) is 0. The van der Waals surface area contributed by atoms with Gasteiger partial charge in [-0.25, -0.2) is 0 Å². The van der Waals surface area contributed by atoms with E-state index in [1.807, 2.05) is 0 Å². The first-order valence-electron chi connectivity index (χ1n) is 7.01. The van der Waals surface area contributed by atoms with Gasteiger partial charge in [0.05, 0.1) is 19.3 Å². The fraction of sp³-hybridized carbons (Fsp3) is 1.00. The molecule has 0 N–H and O–H groups in total. The molecule has 1 unspecified atom stereocenters. The van der Waals surface area contributed by atoms with Crippen molar-refractivity contribution in [1.82, 2.24) is 0 Å². The van der Waals surface area contributed by atoms with Gasteiger partial charge in [0.2, 0.25) is 0 Å². The molecule has 0 spiro atoms. The molecule has 1 atom stereocenters. The molecule has 1 aliphatic heterocycles. The maximum Gasteiger partial charge on any atom is 0.0809 e. The summed E-state index contributed by atoms with van der Waals surface area (Å²) >= 11 is 3.68. The van der Waals surface area contributed by atoms with Crippen molar-refractivity contribution >= 4 is 15.9 Å². The van der Waals surface area contributed by atoms with Crippen LogP contribution in [0.3, 0.4) is 0 Å². The number of hydrogen-bond donors (Lipinski definition) is 0. The molecule has 1 aliphatic rings. The zero-order valence-corrected chi connectivity index (χ0v) is 12.9. The third-order valence-corrected chi connectivity index (χ3v) is 4.77. The van der Waals surface area contributed by atoms with Crippen molar-refractivity contribution < 1.29 is 9.47 Å². The molecule has 17 heavy (non-hydrogen) atoms. The third kappa shape index (κ3) is 5.27. The second kappa shape index (κ2) is 8.49. The molecule has 0 saturated carbocycles. The highest BCUT2D eigenvalue weighted by Gasteiger charge is 2.28. The first kappa shape index (κ1) is 15.5. The van der Waals surface area contributed by atoms with Gasteiger partial charge in [0.1, 0.15) is 0 Å². The summed E-state index contributed by atoms with van der Waals surface area (Å²) in [5.41, 5.74) is 0.335. The van der Waals surface area contributed by atoms with Crippen molar-refractivity contribution in [2.24, 2.45) is 5.41 Å². The zero-order valence-electron chi connectivity index (χ0n) is 11.3. The van der Waals surface area contributed by atoms with Gasteiger partial charge in [0.25, 0.3) is 0 Å². The topological polar surface area (TPSA) is 18.5 Å². The van der Waals surface area contributed by atoms with Gasteiger partial charge in [0, 0.05) is 17.4 Å². The largest absolute Gasteiger partial charge is 0.378 e. The van der Waals surface area contributed by atoms with Crippen LogP contribution in [-0.4, -0.2) is 31.3 Å². The zero-order chi connectivity index (χ0) is 12.6. The Morgan fingerprint density at radius 1 is 1.29 bits per heavy atom. The van der Waals surface area contributed by atoms with Crippen LogP contribution in [0.5, 0.6) is 0 Å². The van der Waals surface area contributed by atoms with E-state index in [1.165, 1.54) is 38.5 Å². The van der Waals surface area contributed by atoms with Crippen LogP contribution in [0.25, 0.3) is 0 Å². The molecule has 0 radical (unpaired) electrons. The monoisotopic (exact) mass is 306 g/mol. The Balaban J connectivity index is 2.30. The minimum atomic E-state index is 0.335. The minimum absolute atomic E-state index is 0.335. The Kier molecular flexibility index (Phi) is 7.72. The number of alkyl halides is 1. The average Bonchev–Trinajstić information content (AvgIpc) is 2.82. The molecule has 0 amide bonds. The van der Waals surface area contributed by atoms with E-state index >= 15 is 0 Å². The van der Waals surface area contributed by atoms with Gasteiger partial charge in [0.15, 0.2) is 0 Å². The van der Waals surface area contributed by atoms with E-state index in [4.69, 9.17) is 9.47 Å². The number of rotatable bonds is 9. The molecule has 102 valence electrons. The molecule has 1 fully saturated rings. The van der Waals surface area contributed by atoms with Gasteiger partial charge in [-0.15, -0.1) is 0 Å². The van der Waals surface area contributed by atoms with Crippen LogP contribution < -0.4 is 0 Å². The third-order valence-electron chi connectivity index (χ3n) is 3.58. The average molecular weight is 307 g/mol. The lowest BCUT2D eigenvalue weighted by Crippen LogP contribution is -2.30. The Hall–Kier alpha value is 0.400. The van der Waals surface area contributed by atoms with Gasteiger partial charge in [-0.2, -0.15) is 0 Å². The first-order chi connectivity index (χ1) is 8.26. The van der Waals surface area contributed by atoms with E-state index in [-0.39, 0.29) is 0 Å².